The maximum atomic E-state index is 13.4. The maximum Gasteiger partial charge on any atom is 0.248 e. The molecule has 0 aromatic heterocycles. The van der Waals surface area contributed by atoms with Crippen molar-refractivity contribution in [1.82, 2.24) is 9.80 Å². The molecule has 0 radical (unpaired) electrons. The molecule has 3 rings (SSSR count). The third kappa shape index (κ3) is 5.50. The van der Waals surface area contributed by atoms with Crippen LogP contribution in [-0.4, -0.2) is 60.3 Å². The highest BCUT2D eigenvalue weighted by molar-refractivity contribution is 5.92. The fraction of sp³-hybridized carbons (Fsp3) is 0.619. The number of carbonyl (C=O) groups excluding carboxylic acids is 2. The van der Waals surface area contributed by atoms with Crippen molar-refractivity contribution in [3.05, 3.63) is 30.3 Å². The Labute approximate surface area is 165 Å². The SMILES string of the molecule is CN(C(=O)C1CCCN(CC(=O)Nc2ccccc2)C1)C1CCC(F)(F)CC1. The van der Waals surface area contributed by atoms with Gasteiger partial charge in [0.25, 0.3) is 0 Å². The van der Waals surface area contributed by atoms with Crippen LogP contribution in [0.15, 0.2) is 30.3 Å². The van der Waals surface area contributed by atoms with E-state index >= 15 is 0 Å². The predicted octanol–water partition coefficient (Wildman–Crippen LogP) is 3.37. The zero-order chi connectivity index (χ0) is 20.1. The quantitative estimate of drug-likeness (QED) is 0.835. The number of nitrogens with one attached hydrogen (secondary N) is 1. The van der Waals surface area contributed by atoms with E-state index in [1.54, 1.807) is 11.9 Å². The van der Waals surface area contributed by atoms with Gasteiger partial charge >= 0.3 is 0 Å². The van der Waals surface area contributed by atoms with Gasteiger partial charge in [-0.3, -0.25) is 14.5 Å². The number of hydrogen-bond acceptors (Lipinski definition) is 3. The van der Waals surface area contributed by atoms with Crippen LogP contribution in [0.2, 0.25) is 0 Å². The topological polar surface area (TPSA) is 52.7 Å². The molecule has 154 valence electrons. The van der Waals surface area contributed by atoms with Gasteiger partial charge in [-0.15, -0.1) is 0 Å². The molecule has 1 aromatic rings. The third-order valence-corrected chi connectivity index (χ3v) is 5.86. The summed E-state index contributed by atoms with van der Waals surface area (Å²) in [5.41, 5.74) is 0.756. The van der Waals surface area contributed by atoms with Crippen molar-refractivity contribution in [2.24, 2.45) is 5.92 Å². The van der Waals surface area contributed by atoms with Gasteiger partial charge in [0.1, 0.15) is 0 Å². The molecule has 0 bridgehead atoms. The molecule has 1 atom stereocenters. The molecular formula is C21H29F2N3O2. The van der Waals surface area contributed by atoms with Crippen molar-refractivity contribution < 1.29 is 18.4 Å². The van der Waals surface area contributed by atoms with E-state index in [1.165, 1.54) is 0 Å². The Bertz CT molecular complexity index is 673. The number of likely N-dealkylation sites (tertiary alicyclic amines) is 1. The molecule has 1 aromatic carbocycles. The second kappa shape index (κ2) is 8.99. The van der Waals surface area contributed by atoms with E-state index in [0.29, 0.717) is 19.4 Å². The fourth-order valence-electron chi connectivity index (χ4n) is 4.21. The Morgan fingerprint density at radius 2 is 1.86 bits per heavy atom. The molecule has 1 saturated carbocycles. The van der Waals surface area contributed by atoms with Crippen LogP contribution in [0.4, 0.5) is 14.5 Å². The van der Waals surface area contributed by atoms with E-state index in [4.69, 9.17) is 0 Å². The number of amides is 2. The van der Waals surface area contributed by atoms with E-state index in [2.05, 4.69) is 5.32 Å². The van der Waals surface area contributed by atoms with Crippen LogP contribution in [0.3, 0.4) is 0 Å². The van der Waals surface area contributed by atoms with Gasteiger partial charge in [-0.25, -0.2) is 8.78 Å². The van der Waals surface area contributed by atoms with Crippen molar-refractivity contribution in [2.75, 3.05) is 32.0 Å². The summed E-state index contributed by atoms with van der Waals surface area (Å²) in [6.45, 7) is 1.57. The number of alkyl halides is 2. The molecule has 1 aliphatic heterocycles. The molecule has 28 heavy (non-hydrogen) atoms. The fourth-order valence-corrected chi connectivity index (χ4v) is 4.21. The minimum absolute atomic E-state index is 0.0170. The minimum atomic E-state index is -2.59. The van der Waals surface area contributed by atoms with Gasteiger partial charge in [0.05, 0.1) is 12.5 Å². The zero-order valence-electron chi connectivity index (χ0n) is 16.4. The minimum Gasteiger partial charge on any atom is -0.342 e. The molecule has 1 unspecified atom stereocenters. The largest absolute Gasteiger partial charge is 0.342 e. The first-order chi connectivity index (χ1) is 13.3. The number of rotatable bonds is 5. The Hall–Kier alpha value is -2.02. The first kappa shape index (κ1) is 20.7. The summed E-state index contributed by atoms with van der Waals surface area (Å²) < 4.78 is 26.8. The number of carbonyl (C=O) groups is 2. The number of halogens is 2. The van der Waals surface area contributed by atoms with Gasteiger partial charge in [-0.2, -0.15) is 0 Å². The number of hydrogen-bond donors (Lipinski definition) is 1. The first-order valence-electron chi connectivity index (χ1n) is 10.1. The van der Waals surface area contributed by atoms with E-state index in [1.807, 2.05) is 35.2 Å². The molecular weight excluding hydrogens is 364 g/mol. The molecule has 7 heteroatoms. The zero-order valence-corrected chi connectivity index (χ0v) is 16.4. The molecule has 1 N–H and O–H groups in total. The maximum absolute atomic E-state index is 13.4. The smallest absolute Gasteiger partial charge is 0.248 e. The highest BCUT2D eigenvalue weighted by Gasteiger charge is 2.38. The average Bonchev–Trinajstić information content (AvgIpc) is 2.68. The number of piperidine rings is 1. The standard InChI is InChI=1S/C21H29F2N3O2/c1-25(18-9-11-21(22,23)12-10-18)20(28)16-6-5-13-26(14-16)15-19(27)24-17-7-3-2-4-8-17/h2-4,7-8,16,18H,5-6,9-15H2,1H3,(H,24,27). The number of benzene rings is 1. The van der Waals surface area contributed by atoms with Gasteiger partial charge in [-0.1, -0.05) is 18.2 Å². The molecule has 1 saturated heterocycles. The van der Waals surface area contributed by atoms with Gasteiger partial charge in [0, 0.05) is 38.2 Å². The molecule has 5 nitrogen and oxygen atoms in total. The third-order valence-electron chi connectivity index (χ3n) is 5.86. The lowest BCUT2D eigenvalue weighted by atomic mass is 9.89. The van der Waals surface area contributed by atoms with Gasteiger partial charge in [0.15, 0.2) is 0 Å². The van der Waals surface area contributed by atoms with Crippen molar-refractivity contribution in [3.8, 4) is 0 Å². The van der Waals surface area contributed by atoms with Crippen molar-refractivity contribution >= 4 is 17.5 Å². The van der Waals surface area contributed by atoms with Crippen LogP contribution in [0, 0.1) is 5.92 Å². The van der Waals surface area contributed by atoms with Crippen LogP contribution in [0.1, 0.15) is 38.5 Å². The summed E-state index contributed by atoms with van der Waals surface area (Å²) in [7, 11) is 1.73. The molecule has 1 aliphatic carbocycles. The van der Waals surface area contributed by atoms with Crippen LogP contribution in [0.25, 0.3) is 0 Å². The van der Waals surface area contributed by atoms with E-state index in [9.17, 15) is 18.4 Å². The van der Waals surface area contributed by atoms with Crippen LogP contribution < -0.4 is 5.32 Å². The lowest BCUT2D eigenvalue weighted by Crippen LogP contribution is -2.49. The van der Waals surface area contributed by atoms with E-state index in [0.717, 1.165) is 25.1 Å². The average molecular weight is 393 g/mol. The Morgan fingerprint density at radius 1 is 1.18 bits per heavy atom. The molecule has 2 amide bonds. The first-order valence-corrected chi connectivity index (χ1v) is 10.1. The number of anilines is 1. The van der Waals surface area contributed by atoms with Crippen LogP contribution >= 0.6 is 0 Å². The summed E-state index contributed by atoms with van der Waals surface area (Å²) in [6, 6.07) is 9.18. The summed E-state index contributed by atoms with van der Waals surface area (Å²) in [4.78, 5) is 28.9. The predicted molar refractivity (Wildman–Crippen MR) is 104 cm³/mol. The number of para-hydroxylation sites is 1. The van der Waals surface area contributed by atoms with Gasteiger partial charge < -0.3 is 10.2 Å². The lowest BCUT2D eigenvalue weighted by molar-refractivity contribution is -0.141. The van der Waals surface area contributed by atoms with Gasteiger partial charge in [0.2, 0.25) is 17.7 Å². The van der Waals surface area contributed by atoms with Crippen molar-refractivity contribution in [1.29, 1.82) is 0 Å². The summed E-state index contributed by atoms with van der Waals surface area (Å²) in [6.07, 6.45) is 2.04. The monoisotopic (exact) mass is 393 g/mol. The Balaban J connectivity index is 1.49. The normalized spacial score (nSPS) is 23.2. The highest BCUT2D eigenvalue weighted by atomic mass is 19.3. The van der Waals surface area contributed by atoms with Crippen molar-refractivity contribution in [2.45, 2.75) is 50.5 Å². The highest BCUT2D eigenvalue weighted by Crippen LogP contribution is 2.35. The van der Waals surface area contributed by atoms with Crippen LogP contribution in [0.5, 0.6) is 0 Å². The Morgan fingerprint density at radius 3 is 2.54 bits per heavy atom. The second-order valence-corrected chi connectivity index (χ2v) is 8.02. The second-order valence-electron chi connectivity index (χ2n) is 8.02. The number of nitrogens with zero attached hydrogens (tertiary/aromatic N) is 2. The Kier molecular flexibility index (Phi) is 6.65. The molecule has 2 aliphatic rings. The van der Waals surface area contributed by atoms with Gasteiger partial charge in [-0.05, 0) is 44.4 Å². The van der Waals surface area contributed by atoms with Crippen molar-refractivity contribution in [3.63, 3.8) is 0 Å². The molecule has 1 heterocycles. The summed E-state index contributed by atoms with van der Waals surface area (Å²) >= 11 is 0. The van der Waals surface area contributed by atoms with E-state index in [-0.39, 0.29) is 43.2 Å². The molecule has 2 fully saturated rings. The molecule has 0 spiro atoms. The lowest BCUT2D eigenvalue weighted by Gasteiger charge is -2.38. The van der Waals surface area contributed by atoms with E-state index < -0.39 is 5.92 Å². The summed E-state index contributed by atoms with van der Waals surface area (Å²) in [5.74, 6) is -2.84. The summed E-state index contributed by atoms with van der Waals surface area (Å²) in [5, 5.41) is 2.87. The van der Waals surface area contributed by atoms with Crippen LogP contribution in [-0.2, 0) is 9.59 Å².